The maximum absolute atomic E-state index is 14.2. The molecule has 2 aromatic rings. The number of carbonyl (C=O) groups excluding carboxylic acids is 1. The summed E-state index contributed by atoms with van der Waals surface area (Å²) in [5, 5.41) is 0.648. The number of rotatable bonds is 3. The highest BCUT2D eigenvalue weighted by atomic mass is 32.1. The van der Waals surface area contributed by atoms with Crippen LogP contribution in [-0.4, -0.2) is 17.6 Å². The minimum Gasteiger partial charge on any atom is -0.465 e. The zero-order valence-corrected chi connectivity index (χ0v) is 12.8. The van der Waals surface area contributed by atoms with Crippen LogP contribution in [0.4, 0.5) is 4.39 Å². The highest BCUT2D eigenvalue weighted by Crippen LogP contribution is 2.41. The maximum Gasteiger partial charge on any atom is 0.315 e. The first-order chi connectivity index (χ1) is 10.1. The van der Waals surface area contributed by atoms with E-state index in [1.165, 1.54) is 11.3 Å². The van der Waals surface area contributed by atoms with Gasteiger partial charge in [-0.1, -0.05) is 12.1 Å². The zero-order chi connectivity index (χ0) is 15.0. The Hall–Kier alpha value is -1.75. The lowest BCUT2D eigenvalue weighted by molar-refractivity contribution is -0.145. The Bertz CT molecular complexity index is 696. The third-order valence-electron chi connectivity index (χ3n) is 3.71. The standard InChI is InChI=1S/C16H16FNO2S/c1-3-20-16(19)11-7-8-12-14(11)18-15(21-12)10-6-4-5-9(2)13(10)17/h4-6,11H,3,7-8H2,1-2H3. The third-order valence-corrected chi connectivity index (χ3v) is 4.88. The van der Waals surface area contributed by atoms with Gasteiger partial charge in [0.15, 0.2) is 0 Å². The number of esters is 1. The molecule has 0 amide bonds. The molecule has 1 aliphatic rings. The number of aryl methyl sites for hydroxylation is 2. The highest BCUT2D eigenvalue weighted by Gasteiger charge is 2.34. The number of carbonyl (C=O) groups is 1. The van der Waals surface area contributed by atoms with Crippen LogP contribution in [0.1, 0.15) is 35.4 Å². The van der Waals surface area contributed by atoms with Gasteiger partial charge in [-0.3, -0.25) is 4.79 Å². The van der Waals surface area contributed by atoms with Crippen LogP contribution in [-0.2, 0) is 16.0 Å². The quantitative estimate of drug-likeness (QED) is 0.809. The van der Waals surface area contributed by atoms with Crippen molar-refractivity contribution in [1.82, 2.24) is 4.98 Å². The number of ether oxygens (including phenoxy) is 1. The Morgan fingerprint density at radius 1 is 1.52 bits per heavy atom. The summed E-state index contributed by atoms with van der Waals surface area (Å²) in [6, 6.07) is 5.29. The van der Waals surface area contributed by atoms with Crippen LogP contribution in [0.2, 0.25) is 0 Å². The van der Waals surface area contributed by atoms with Gasteiger partial charge in [0.2, 0.25) is 0 Å². The number of nitrogens with zero attached hydrogens (tertiary/aromatic N) is 1. The first-order valence-corrected chi connectivity index (χ1v) is 7.85. The Balaban J connectivity index is 1.97. The molecular weight excluding hydrogens is 289 g/mol. The second-order valence-electron chi connectivity index (χ2n) is 5.11. The van der Waals surface area contributed by atoms with Gasteiger partial charge >= 0.3 is 5.97 Å². The molecule has 110 valence electrons. The van der Waals surface area contributed by atoms with E-state index in [9.17, 15) is 9.18 Å². The molecule has 0 bridgehead atoms. The van der Waals surface area contributed by atoms with E-state index >= 15 is 0 Å². The largest absolute Gasteiger partial charge is 0.465 e. The van der Waals surface area contributed by atoms with E-state index < -0.39 is 0 Å². The minimum atomic E-state index is -0.294. The van der Waals surface area contributed by atoms with Crippen molar-refractivity contribution >= 4 is 17.3 Å². The van der Waals surface area contributed by atoms with Crippen LogP contribution >= 0.6 is 11.3 Å². The van der Waals surface area contributed by atoms with Crippen molar-refractivity contribution in [2.24, 2.45) is 0 Å². The molecule has 0 saturated carbocycles. The molecule has 1 atom stereocenters. The maximum atomic E-state index is 14.2. The number of halogens is 1. The Morgan fingerprint density at radius 2 is 2.33 bits per heavy atom. The number of fused-ring (bicyclic) bond motifs is 1. The molecule has 5 heteroatoms. The van der Waals surface area contributed by atoms with Crippen LogP contribution in [0.3, 0.4) is 0 Å². The zero-order valence-electron chi connectivity index (χ0n) is 12.0. The molecule has 1 aliphatic carbocycles. The minimum absolute atomic E-state index is 0.224. The third kappa shape index (κ3) is 2.46. The average molecular weight is 305 g/mol. The van der Waals surface area contributed by atoms with Crippen molar-refractivity contribution in [1.29, 1.82) is 0 Å². The summed E-state index contributed by atoms with van der Waals surface area (Å²) in [6.45, 7) is 3.90. The first-order valence-electron chi connectivity index (χ1n) is 7.03. The summed E-state index contributed by atoms with van der Waals surface area (Å²) in [5.74, 6) is -0.756. The van der Waals surface area contributed by atoms with Crippen molar-refractivity contribution in [2.45, 2.75) is 32.6 Å². The summed E-state index contributed by atoms with van der Waals surface area (Å²) in [4.78, 5) is 17.5. The second kappa shape index (κ2) is 5.56. The molecule has 1 heterocycles. The van der Waals surface area contributed by atoms with E-state index in [1.807, 2.05) is 6.07 Å². The van der Waals surface area contributed by atoms with Crippen molar-refractivity contribution in [3.63, 3.8) is 0 Å². The van der Waals surface area contributed by atoms with Gasteiger partial charge in [0.25, 0.3) is 0 Å². The summed E-state index contributed by atoms with van der Waals surface area (Å²) < 4.78 is 19.3. The van der Waals surface area contributed by atoms with E-state index in [-0.39, 0.29) is 17.7 Å². The highest BCUT2D eigenvalue weighted by molar-refractivity contribution is 7.15. The Morgan fingerprint density at radius 3 is 3.10 bits per heavy atom. The van der Waals surface area contributed by atoms with Crippen LogP contribution in [0.5, 0.6) is 0 Å². The molecule has 3 nitrogen and oxygen atoms in total. The van der Waals surface area contributed by atoms with E-state index in [2.05, 4.69) is 4.98 Å². The van der Waals surface area contributed by atoms with Gasteiger partial charge in [-0.2, -0.15) is 0 Å². The van der Waals surface area contributed by atoms with Gasteiger partial charge in [-0.05, 0) is 38.3 Å². The topological polar surface area (TPSA) is 39.2 Å². The molecular formula is C16H16FNO2S. The number of aromatic nitrogens is 1. The van der Waals surface area contributed by atoms with Crippen LogP contribution in [0.25, 0.3) is 10.6 Å². The van der Waals surface area contributed by atoms with E-state index in [1.54, 1.807) is 26.0 Å². The van der Waals surface area contributed by atoms with Gasteiger partial charge in [0.1, 0.15) is 16.7 Å². The van der Waals surface area contributed by atoms with Crippen molar-refractivity contribution in [3.05, 3.63) is 40.2 Å². The molecule has 0 N–H and O–H groups in total. The van der Waals surface area contributed by atoms with Gasteiger partial charge in [0, 0.05) is 10.4 Å². The predicted octanol–water partition coefficient (Wildman–Crippen LogP) is 3.85. The fraction of sp³-hybridized carbons (Fsp3) is 0.375. The van der Waals surface area contributed by atoms with E-state index in [0.717, 1.165) is 23.4 Å². The SMILES string of the molecule is CCOC(=O)C1CCc2sc(-c3cccc(C)c3F)nc21. The number of hydrogen-bond donors (Lipinski definition) is 0. The Kier molecular flexibility index (Phi) is 3.76. The molecule has 3 rings (SSSR count). The molecule has 1 aromatic carbocycles. The molecule has 1 aromatic heterocycles. The summed E-state index contributed by atoms with van der Waals surface area (Å²) in [7, 11) is 0. The summed E-state index contributed by atoms with van der Waals surface area (Å²) in [6.07, 6.45) is 1.55. The van der Waals surface area contributed by atoms with Crippen molar-refractivity contribution < 1.29 is 13.9 Å². The van der Waals surface area contributed by atoms with Crippen molar-refractivity contribution in [3.8, 4) is 10.6 Å². The molecule has 0 spiro atoms. The van der Waals surface area contributed by atoms with Crippen LogP contribution in [0, 0.1) is 12.7 Å². The second-order valence-corrected chi connectivity index (χ2v) is 6.19. The lowest BCUT2D eigenvalue weighted by Gasteiger charge is -2.08. The van der Waals surface area contributed by atoms with Crippen LogP contribution < -0.4 is 0 Å². The summed E-state index contributed by atoms with van der Waals surface area (Å²) in [5.41, 5.74) is 1.89. The first kappa shape index (κ1) is 14.2. The molecule has 0 fully saturated rings. The lowest BCUT2D eigenvalue weighted by Crippen LogP contribution is -2.14. The molecule has 21 heavy (non-hydrogen) atoms. The summed E-state index contributed by atoms with van der Waals surface area (Å²) >= 11 is 1.48. The van der Waals surface area contributed by atoms with E-state index in [0.29, 0.717) is 22.7 Å². The fourth-order valence-electron chi connectivity index (χ4n) is 2.63. The molecule has 0 saturated heterocycles. The molecule has 0 radical (unpaired) electrons. The Labute approximate surface area is 126 Å². The number of hydrogen-bond acceptors (Lipinski definition) is 4. The van der Waals surface area contributed by atoms with Crippen LogP contribution in [0.15, 0.2) is 18.2 Å². The molecule has 1 unspecified atom stereocenters. The number of thiazole rings is 1. The van der Waals surface area contributed by atoms with E-state index in [4.69, 9.17) is 4.74 Å². The molecule has 0 aliphatic heterocycles. The number of benzene rings is 1. The van der Waals surface area contributed by atoms with Gasteiger partial charge < -0.3 is 4.74 Å². The fourth-order valence-corrected chi connectivity index (χ4v) is 3.78. The smallest absolute Gasteiger partial charge is 0.315 e. The van der Waals surface area contributed by atoms with Gasteiger partial charge in [0.05, 0.1) is 12.3 Å². The average Bonchev–Trinajstić information content (AvgIpc) is 3.01. The van der Waals surface area contributed by atoms with Gasteiger partial charge in [-0.25, -0.2) is 9.37 Å². The normalized spacial score (nSPS) is 16.8. The monoisotopic (exact) mass is 305 g/mol. The lowest BCUT2D eigenvalue weighted by atomic mass is 10.1. The predicted molar refractivity (Wildman–Crippen MR) is 79.9 cm³/mol. The van der Waals surface area contributed by atoms with Gasteiger partial charge in [-0.15, -0.1) is 11.3 Å². The van der Waals surface area contributed by atoms with Crippen molar-refractivity contribution in [2.75, 3.05) is 6.61 Å².